The molecule has 0 unspecified atom stereocenters. The average molecular weight is 345 g/mol. The normalized spacial score (nSPS) is 11.0. The summed E-state index contributed by atoms with van der Waals surface area (Å²) in [6, 6.07) is 18.0. The number of imidazole rings is 1. The van der Waals surface area contributed by atoms with Gasteiger partial charge in [-0.3, -0.25) is 4.79 Å². The lowest BCUT2D eigenvalue weighted by Crippen LogP contribution is -2.28. The van der Waals surface area contributed by atoms with Crippen molar-refractivity contribution in [3.8, 4) is 5.75 Å². The number of aryl methyl sites for hydroxylation is 1. The second-order valence-corrected chi connectivity index (χ2v) is 6.18. The fraction of sp³-hybridized carbons (Fsp3) is 0.143. The SMILES string of the molecule is Cc1ccn2cc(C(=O)NCCOc3cccc4ccccc34)nc2c1. The van der Waals surface area contributed by atoms with Crippen LogP contribution in [0.5, 0.6) is 5.75 Å². The van der Waals surface area contributed by atoms with Crippen LogP contribution in [0.4, 0.5) is 0 Å². The van der Waals surface area contributed by atoms with Crippen molar-refractivity contribution in [2.24, 2.45) is 0 Å². The largest absolute Gasteiger partial charge is 0.491 e. The van der Waals surface area contributed by atoms with E-state index < -0.39 is 0 Å². The molecular weight excluding hydrogens is 326 g/mol. The van der Waals surface area contributed by atoms with E-state index in [4.69, 9.17) is 4.74 Å². The van der Waals surface area contributed by atoms with Gasteiger partial charge in [-0.1, -0.05) is 36.4 Å². The van der Waals surface area contributed by atoms with Crippen LogP contribution in [0.2, 0.25) is 0 Å². The molecule has 2 heterocycles. The van der Waals surface area contributed by atoms with E-state index >= 15 is 0 Å². The third kappa shape index (κ3) is 3.24. The Morgan fingerprint density at radius 3 is 2.92 bits per heavy atom. The molecule has 0 saturated heterocycles. The van der Waals surface area contributed by atoms with E-state index in [1.807, 2.05) is 60.0 Å². The van der Waals surface area contributed by atoms with Crippen LogP contribution in [0.1, 0.15) is 16.1 Å². The first-order valence-electron chi connectivity index (χ1n) is 8.55. The molecule has 0 bridgehead atoms. The van der Waals surface area contributed by atoms with E-state index in [0.29, 0.717) is 18.8 Å². The number of carbonyl (C=O) groups excluding carboxylic acids is 1. The minimum absolute atomic E-state index is 0.201. The van der Waals surface area contributed by atoms with Crippen molar-refractivity contribution in [1.29, 1.82) is 0 Å². The van der Waals surface area contributed by atoms with Gasteiger partial charge in [-0.15, -0.1) is 0 Å². The summed E-state index contributed by atoms with van der Waals surface area (Å²) in [7, 11) is 0. The Labute approximate surface area is 151 Å². The first-order valence-corrected chi connectivity index (χ1v) is 8.55. The van der Waals surface area contributed by atoms with Crippen molar-refractivity contribution in [3.63, 3.8) is 0 Å². The van der Waals surface area contributed by atoms with Crippen LogP contribution in [0.15, 0.2) is 67.0 Å². The standard InChI is InChI=1S/C21H19N3O2/c1-15-9-11-24-14-18(23-20(24)13-15)21(25)22-10-12-26-19-8-4-6-16-5-2-3-7-17(16)19/h2-9,11,13-14H,10,12H2,1H3,(H,22,25). The van der Waals surface area contributed by atoms with Gasteiger partial charge in [0, 0.05) is 17.8 Å². The highest BCUT2D eigenvalue weighted by molar-refractivity contribution is 5.92. The molecule has 0 spiro atoms. The van der Waals surface area contributed by atoms with Crippen LogP contribution in [0, 0.1) is 6.92 Å². The molecule has 1 amide bonds. The topological polar surface area (TPSA) is 55.6 Å². The zero-order valence-electron chi connectivity index (χ0n) is 14.5. The van der Waals surface area contributed by atoms with Crippen molar-refractivity contribution < 1.29 is 9.53 Å². The number of nitrogens with one attached hydrogen (secondary N) is 1. The second kappa shape index (κ2) is 6.88. The van der Waals surface area contributed by atoms with E-state index in [2.05, 4.69) is 22.4 Å². The smallest absolute Gasteiger partial charge is 0.271 e. The monoisotopic (exact) mass is 345 g/mol. The molecule has 26 heavy (non-hydrogen) atoms. The maximum atomic E-state index is 12.3. The molecule has 0 radical (unpaired) electrons. The Hall–Kier alpha value is -3.34. The molecule has 0 aliphatic rings. The zero-order valence-corrected chi connectivity index (χ0v) is 14.5. The Bertz CT molecular complexity index is 1080. The van der Waals surface area contributed by atoms with Crippen molar-refractivity contribution in [3.05, 3.63) is 78.2 Å². The van der Waals surface area contributed by atoms with Crippen LogP contribution < -0.4 is 10.1 Å². The average Bonchev–Trinajstić information content (AvgIpc) is 3.08. The molecule has 0 aliphatic carbocycles. The number of hydrogen-bond acceptors (Lipinski definition) is 3. The fourth-order valence-corrected chi connectivity index (χ4v) is 2.93. The van der Waals surface area contributed by atoms with Gasteiger partial charge in [0.15, 0.2) is 0 Å². The molecule has 1 N–H and O–H groups in total. The highest BCUT2D eigenvalue weighted by atomic mass is 16.5. The van der Waals surface area contributed by atoms with Crippen molar-refractivity contribution in [1.82, 2.24) is 14.7 Å². The number of benzene rings is 2. The number of nitrogens with zero attached hydrogens (tertiary/aromatic N) is 2. The molecule has 2 aromatic carbocycles. The molecule has 0 saturated carbocycles. The van der Waals surface area contributed by atoms with E-state index in [-0.39, 0.29) is 5.91 Å². The summed E-state index contributed by atoms with van der Waals surface area (Å²) < 4.78 is 7.68. The van der Waals surface area contributed by atoms with E-state index in [1.165, 1.54) is 0 Å². The lowest BCUT2D eigenvalue weighted by Gasteiger charge is -2.09. The molecule has 2 aromatic heterocycles. The summed E-state index contributed by atoms with van der Waals surface area (Å²) >= 11 is 0. The number of amides is 1. The van der Waals surface area contributed by atoms with Crippen molar-refractivity contribution in [2.45, 2.75) is 6.92 Å². The number of rotatable bonds is 5. The number of pyridine rings is 1. The predicted molar refractivity (Wildman–Crippen MR) is 102 cm³/mol. The lowest BCUT2D eigenvalue weighted by atomic mass is 10.1. The molecule has 4 rings (SSSR count). The summed E-state index contributed by atoms with van der Waals surface area (Å²) in [6.07, 6.45) is 3.63. The van der Waals surface area contributed by atoms with E-state index in [0.717, 1.165) is 27.7 Å². The van der Waals surface area contributed by atoms with Crippen LogP contribution in [0.3, 0.4) is 0 Å². The third-order valence-electron chi connectivity index (χ3n) is 4.24. The first kappa shape index (κ1) is 16.1. The number of carbonyl (C=O) groups is 1. The number of aromatic nitrogens is 2. The Morgan fingerprint density at radius 1 is 1.15 bits per heavy atom. The molecule has 4 aromatic rings. The number of fused-ring (bicyclic) bond motifs is 2. The Kier molecular flexibility index (Phi) is 4.27. The van der Waals surface area contributed by atoms with Crippen LogP contribution in [-0.2, 0) is 0 Å². The van der Waals surface area contributed by atoms with E-state index in [9.17, 15) is 4.79 Å². The quantitative estimate of drug-likeness (QED) is 0.562. The fourth-order valence-electron chi connectivity index (χ4n) is 2.93. The van der Waals surface area contributed by atoms with Gasteiger partial charge in [0.05, 0.1) is 6.54 Å². The second-order valence-electron chi connectivity index (χ2n) is 6.18. The third-order valence-corrected chi connectivity index (χ3v) is 4.24. The predicted octanol–water partition coefficient (Wildman–Crippen LogP) is 3.60. The maximum Gasteiger partial charge on any atom is 0.271 e. The first-order chi connectivity index (χ1) is 12.7. The zero-order chi connectivity index (χ0) is 17.9. The van der Waals surface area contributed by atoms with E-state index in [1.54, 1.807) is 6.20 Å². The van der Waals surface area contributed by atoms with Gasteiger partial charge in [0.2, 0.25) is 0 Å². The molecule has 0 aliphatic heterocycles. The van der Waals surface area contributed by atoms with Gasteiger partial charge in [-0.2, -0.15) is 0 Å². The molecule has 5 nitrogen and oxygen atoms in total. The van der Waals surface area contributed by atoms with Gasteiger partial charge < -0.3 is 14.5 Å². The Morgan fingerprint density at radius 2 is 2.00 bits per heavy atom. The van der Waals surface area contributed by atoms with Crippen molar-refractivity contribution in [2.75, 3.05) is 13.2 Å². The van der Waals surface area contributed by atoms with Crippen LogP contribution in [0.25, 0.3) is 16.4 Å². The van der Waals surface area contributed by atoms with Gasteiger partial charge in [0.25, 0.3) is 5.91 Å². The molecule has 130 valence electrons. The summed E-state index contributed by atoms with van der Waals surface area (Å²) in [4.78, 5) is 16.6. The minimum atomic E-state index is -0.201. The van der Waals surface area contributed by atoms with Gasteiger partial charge >= 0.3 is 0 Å². The molecule has 0 fully saturated rings. The number of hydrogen-bond donors (Lipinski definition) is 1. The maximum absolute atomic E-state index is 12.3. The summed E-state index contributed by atoms with van der Waals surface area (Å²) in [5, 5.41) is 5.05. The highest BCUT2D eigenvalue weighted by Crippen LogP contribution is 2.24. The lowest BCUT2D eigenvalue weighted by molar-refractivity contribution is 0.0942. The molecule has 0 atom stereocenters. The minimum Gasteiger partial charge on any atom is -0.491 e. The highest BCUT2D eigenvalue weighted by Gasteiger charge is 2.10. The Balaban J connectivity index is 1.37. The molecular formula is C21H19N3O2. The van der Waals surface area contributed by atoms with Gasteiger partial charge in [0.1, 0.15) is 23.7 Å². The summed E-state index contributed by atoms with van der Waals surface area (Å²) in [5.74, 6) is 0.619. The molecule has 5 heteroatoms. The van der Waals surface area contributed by atoms with Gasteiger partial charge in [-0.05, 0) is 36.1 Å². The van der Waals surface area contributed by atoms with Gasteiger partial charge in [-0.25, -0.2) is 4.98 Å². The van der Waals surface area contributed by atoms with Crippen LogP contribution in [-0.4, -0.2) is 28.4 Å². The number of ether oxygens (including phenoxy) is 1. The summed E-state index contributed by atoms with van der Waals surface area (Å²) in [5.41, 5.74) is 2.28. The van der Waals surface area contributed by atoms with Crippen LogP contribution >= 0.6 is 0 Å². The summed E-state index contributed by atoms with van der Waals surface area (Å²) in [6.45, 7) is 2.81. The van der Waals surface area contributed by atoms with Crippen molar-refractivity contribution >= 4 is 22.3 Å².